The van der Waals surface area contributed by atoms with Gasteiger partial charge in [0.1, 0.15) is 0 Å². The fourth-order valence-corrected chi connectivity index (χ4v) is 3.16. The lowest BCUT2D eigenvalue weighted by atomic mass is 9.49. The summed E-state index contributed by atoms with van der Waals surface area (Å²) in [5.41, 5.74) is 2.32. The van der Waals surface area contributed by atoms with Crippen LogP contribution in [0.3, 0.4) is 0 Å². The minimum atomic E-state index is 0.626. The second kappa shape index (κ2) is 2.33. The lowest BCUT2D eigenvalue weighted by Gasteiger charge is -2.56. The standard InChI is InChI=1S/C10H17P/c1-10(2)8-4-3-7(6-11)9(10)5-8/h3,8-9H,4-6,11H2,1-2H3/t8-,9-/m0/s1. The monoisotopic (exact) mass is 168 g/mol. The molecule has 0 N–H and O–H groups in total. The normalized spacial score (nSPS) is 39.4. The largest absolute Gasteiger partial charge is 0.133 e. The molecule has 0 radical (unpaired) electrons. The molecule has 0 aliphatic heterocycles. The van der Waals surface area contributed by atoms with Crippen molar-refractivity contribution in [2.45, 2.75) is 26.7 Å². The maximum Gasteiger partial charge on any atom is -0.0143 e. The van der Waals surface area contributed by atoms with E-state index in [-0.39, 0.29) is 0 Å². The summed E-state index contributed by atoms with van der Waals surface area (Å²) in [7, 11) is 2.86. The number of rotatable bonds is 1. The highest BCUT2D eigenvalue weighted by atomic mass is 31.0. The number of allylic oxidation sites excluding steroid dienone is 2. The van der Waals surface area contributed by atoms with E-state index in [0.717, 1.165) is 11.8 Å². The Morgan fingerprint density at radius 2 is 2.36 bits per heavy atom. The lowest BCUT2D eigenvalue weighted by molar-refractivity contribution is -0.00538. The van der Waals surface area contributed by atoms with Crippen molar-refractivity contribution in [3.8, 4) is 0 Å². The van der Waals surface area contributed by atoms with E-state index in [2.05, 4.69) is 29.2 Å². The van der Waals surface area contributed by atoms with Gasteiger partial charge in [0.2, 0.25) is 0 Å². The van der Waals surface area contributed by atoms with E-state index in [1.807, 2.05) is 0 Å². The first-order chi connectivity index (χ1) is 5.16. The molecule has 0 aromatic rings. The topological polar surface area (TPSA) is 0 Å². The zero-order valence-corrected chi connectivity index (χ0v) is 8.59. The van der Waals surface area contributed by atoms with Crippen LogP contribution in [0.4, 0.5) is 0 Å². The van der Waals surface area contributed by atoms with E-state index in [0.29, 0.717) is 5.41 Å². The Hall–Kier alpha value is 0.170. The molecule has 0 saturated heterocycles. The van der Waals surface area contributed by atoms with Crippen molar-refractivity contribution < 1.29 is 0 Å². The summed E-state index contributed by atoms with van der Waals surface area (Å²) in [5, 5.41) is 0. The third-order valence-corrected chi connectivity index (χ3v) is 4.29. The summed E-state index contributed by atoms with van der Waals surface area (Å²) in [5.74, 6) is 1.91. The Morgan fingerprint density at radius 1 is 1.64 bits per heavy atom. The molecule has 0 aromatic heterocycles. The Morgan fingerprint density at radius 3 is 2.73 bits per heavy atom. The molecular formula is C10H17P. The fraction of sp³-hybridized carbons (Fsp3) is 0.800. The lowest BCUT2D eigenvalue weighted by Crippen LogP contribution is -2.48. The zero-order valence-electron chi connectivity index (χ0n) is 7.43. The molecule has 1 saturated carbocycles. The van der Waals surface area contributed by atoms with Crippen LogP contribution in [-0.4, -0.2) is 6.16 Å². The van der Waals surface area contributed by atoms with Gasteiger partial charge in [0.15, 0.2) is 0 Å². The van der Waals surface area contributed by atoms with E-state index in [1.54, 1.807) is 5.57 Å². The Bertz CT molecular complexity index is 203. The van der Waals surface area contributed by atoms with Crippen molar-refractivity contribution in [2.24, 2.45) is 17.3 Å². The quantitative estimate of drug-likeness (QED) is 0.417. The van der Waals surface area contributed by atoms with Crippen LogP contribution < -0.4 is 0 Å². The smallest absolute Gasteiger partial charge is 0.0143 e. The van der Waals surface area contributed by atoms with Gasteiger partial charge in [-0.05, 0) is 36.3 Å². The highest BCUT2D eigenvalue weighted by Crippen LogP contribution is 2.59. The molecule has 3 rings (SSSR count). The summed E-state index contributed by atoms with van der Waals surface area (Å²) >= 11 is 0. The molecule has 11 heavy (non-hydrogen) atoms. The Labute approximate surface area is 71.7 Å². The van der Waals surface area contributed by atoms with Crippen LogP contribution >= 0.6 is 9.24 Å². The predicted octanol–water partition coefficient (Wildman–Crippen LogP) is 2.85. The van der Waals surface area contributed by atoms with Crippen LogP contribution in [-0.2, 0) is 0 Å². The van der Waals surface area contributed by atoms with Crippen molar-refractivity contribution in [1.29, 1.82) is 0 Å². The summed E-state index contributed by atoms with van der Waals surface area (Å²) in [6.07, 6.45) is 6.47. The van der Waals surface area contributed by atoms with Gasteiger partial charge in [0.25, 0.3) is 0 Å². The van der Waals surface area contributed by atoms with Crippen molar-refractivity contribution >= 4 is 9.24 Å². The average molecular weight is 168 g/mol. The van der Waals surface area contributed by atoms with Crippen molar-refractivity contribution in [3.05, 3.63) is 11.6 Å². The first-order valence-electron chi connectivity index (χ1n) is 4.55. The van der Waals surface area contributed by atoms with Gasteiger partial charge in [-0.25, -0.2) is 0 Å². The number of fused-ring (bicyclic) bond motifs is 1. The molecule has 0 aromatic carbocycles. The second-order valence-electron chi connectivity index (χ2n) is 4.53. The fourth-order valence-electron chi connectivity index (χ4n) is 2.71. The van der Waals surface area contributed by atoms with E-state index in [1.165, 1.54) is 19.0 Å². The molecule has 2 bridgehead atoms. The molecular weight excluding hydrogens is 151 g/mol. The molecule has 0 spiro atoms. The summed E-state index contributed by atoms with van der Waals surface area (Å²) in [4.78, 5) is 0. The van der Waals surface area contributed by atoms with Crippen molar-refractivity contribution in [2.75, 3.05) is 6.16 Å². The van der Waals surface area contributed by atoms with E-state index in [9.17, 15) is 0 Å². The van der Waals surface area contributed by atoms with Crippen molar-refractivity contribution in [1.82, 2.24) is 0 Å². The first-order valence-corrected chi connectivity index (χ1v) is 5.37. The van der Waals surface area contributed by atoms with Gasteiger partial charge < -0.3 is 0 Å². The minimum absolute atomic E-state index is 0.626. The molecule has 62 valence electrons. The van der Waals surface area contributed by atoms with Crippen LogP contribution in [0.25, 0.3) is 0 Å². The molecule has 3 aliphatic rings. The third-order valence-electron chi connectivity index (χ3n) is 3.82. The predicted molar refractivity (Wildman–Crippen MR) is 52.7 cm³/mol. The van der Waals surface area contributed by atoms with Crippen LogP contribution in [0, 0.1) is 17.3 Å². The Balaban J connectivity index is 2.23. The van der Waals surface area contributed by atoms with Crippen molar-refractivity contribution in [3.63, 3.8) is 0 Å². The van der Waals surface area contributed by atoms with E-state index < -0.39 is 0 Å². The molecule has 1 heteroatoms. The molecule has 3 aliphatic carbocycles. The molecule has 0 heterocycles. The Kier molecular flexibility index (Phi) is 1.65. The van der Waals surface area contributed by atoms with Crippen LogP contribution in [0.1, 0.15) is 26.7 Å². The second-order valence-corrected chi connectivity index (χ2v) is 4.93. The maximum atomic E-state index is 2.86. The van der Waals surface area contributed by atoms with Crippen LogP contribution in [0.2, 0.25) is 0 Å². The van der Waals surface area contributed by atoms with Gasteiger partial charge in [-0.15, -0.1) is 9.24 Å². The van der Waals surface area contributed by atoms with Gasteiger partial charge >= 0.3 is 0 Å². The van der Waals surface area contributed by atoms with Gasteiger partial charge in [0.05, 0.1) is 0 Å². The number of hydrogen-bond donors (Lipinski definition) is 0. The van der Waals surface area contributed by atoms with E-state index in [4.69, 9.17) is 0 Å². The summed E-state index contributed by atoms with van der Waals surface area (Å²) < 4.78 is 0. The summed E-state index contributed by atoms with van der Waals surface area (Å²) in [6, 6.07) is 0. The van der Waals surface area contributed by atoms with Gasteiger partial charge in [0, 0.05) is 0 Å². The van der Waals surface area contributed by atoms with E-state index >= 15 is 0 Å². The highest BCUT2D eigenvalue weighted by molar-refractivity contribution is 7.16. The van der Waals surface area contributed by atoms with Gasteiger partial charge in [-0.2, -0.15) is 0 Å². The zero-order chi connectivity index (χ0) is 8.06. The molecule has 1 unspecified atom stereocenters. The maximum absolute atomic E-state index is 2.86. The molecule has 0 nitrogen and oxygen atoms in total. The SMILES string of the molecule is CC1(C)[C@H]2CC=C(CP)[C@@H]1C2. The number of hydrogen-bond acceptors (Lipinski definition) is 0. The molecule has 1 fully saturated rings. The first kappa shape index (κ1) is 7.80. The molecule has 0 amide bonds. The summed E-state index contributed by atoms with van der Waals surface area (Å²) in [6.45, 7) is 4.86. The average Bonchev–Trinajstić information content (AvgIpc) is 2.04. The highest BCUT2D eigenvalue weighted by Gasteiger charge is 2.50. The third kappa shape index (κ3) is 0.920. The van der Waals surface area contributed by atoms with Gasteiger partial charge in [-0.1, -0.05) is 25.5 Å². The molecule has 3 atom stereocenters. The van der Waals surface area contributed by atoms with Crippen LogP contribution in [0.5, 0.6) is 0 Å². The van der Waals surface area contributed by atoms with Crippen LogP contribution in [0.15, 0.2) is 11.6 Å². The minimum Gasteiger partial charge on any atom is -0.133 e. The van der Waals surface area contributed by atoms with Gasteiger partial charge in [-0.3, -0.25) is 0 Å².